The Bertz CT molecular complexity index is 1180. The van der Waals surface area contributed by atoms with Crippen molar-refractivity contribution in [1.29, 1.82) is 0 Å². The van der Waals surface area contributed by atoms with E-state index in [0.29, 0.717) is 18.9 Å². The van der Waals surface area contributed by atoms with Crippen molar-refractivity contribution in [3.63, 3.8) is 0 Å². The van der Waals surface area contributed by atoms with Crippen molar-refractivity contribution in [2.45, 2.75) is 116 Å². The van der Waals surface area contributed by atoms with Crippen LogP contribution in [0.1, 0.15) is 98.1 Å². The number of carbonyl (C=O) groups is 4. The van der Waals surface area contributed by atoms with E-state index in [9.17, 15) is 19.2 Å². The number of nitrogens with two attached hydrogens (primary N) is 1. The van der Waals surface area contributed by atoms with Crippen molar-refractivity contribution in [1.82, 2.24) is 15.2 Å². The second-order valence-corrected chi connectivity index (χ2v) is 15.4. The number of Topliss-reactive ketones (excluding diaryl/α,β-unsaturated/α-hetero) is 1. The number of primary amides is 1. The van der Waals surface area contributed by atoms with Crippen molar-refractivity contribution in [3.05, 3.63) is 11.1 Å². The Kier molecular flexibility index (Phi) is 8.27. The number of piperidine rings is 1. The average molecular weight is 586 g/mol. The average Bonchev–Trinajstić information content (AvgIpc) is 3.30. The third kappa shape index (κ3) is 6.04. The van der Waals surface area contributed by atoms with Gasteiger partial charge in [0, 0.05) is 17.3 Å². The van der Waals surface area contributed by atoms with Crippen LogP contribution < -0.4 is 16.4 Å². The SMILES string of the molecule is CC(C)(C)c1csc(N[C@H](C(=O)N2C[C@H]3C([C@H]2C(=O)NC(CC2CCC2)C(=O)C(N)=O)C3(C)C)C2CCCCC2)n1. The van der Waals surface area contributed by atoms with Gasteiger partial charge in [-0.15, -0.1) is 11.3 Å². The van der Waals surface area contributed by atoms with Crippen LogP contribution in [-0.2, 0) is 24.6 Å². The molecule has 1 saturated heterocycles. The minimum Gasteiger partial charge on any atom is -0.363 e. The van der Waals surface area contributed by atoms with E-state index in [4.69, 9.17) is 10.7 Å². The predicted molar refractivity (Wildman–Crippen MR) is 159 cm³/mol. The highest BCUT2D eigenvalue weighted by Gasteiger charge is 2.69. The van der Waals surface area contributed by atoms with E-state index in [0.717, 1.165) is 55.8 Å². The third-order valence-electron chi connectivity index (χ3n) is 10.4. The molecule has 1 aromatic heterocycles. The predicted octanol–water partition coefficient (Wildman–Crippen LogP) is 4.01. The molecule has 0 bridgehead atoms. The number of carbonyl (C=O) groups excluding carboxylic acids is 4. The monoisotopic (exact) mass is 585 g/mol. The van der Waals surface area contributed by atoms with Gasteiger partial charge < -0.3 is 21.3 Å². The van der Waals surface area contributed by atoms with E-state index >= 15 is 0 Å². The largest absolute Gasteiger partial charge is 0.363 e. The fourth-order valence-electron chi connectivity index (χ4n) is 7.38. The molecule has 3 saturated carbocycles. The van der Waals surface area contributed by atoms with E-state index in [1.54, 1.807) is 4.90 Å². The maximum Gasteiger partial charge on any atom is 0.287 e. The Labute approximate surface area is 247 Å². The van der Waals surface area contributed by atoms with Crippen molar-refractivity contribution in [2.24, 2.45) is 34.8 Å². The molecule has 1 aliphatic heterocycles. The first-order valence-electron chi connectivity index (χ1n) is 15.5. The van der Waals surface area contributed by atoms with Gasteiger partial charge in [-0.3, -0.25) is 19.2 Å². The molecule has 2 heterocycles. The lowest BCUT2D eigenvalue weighted by atomic mass is 9.80. The molecule has 3 amide bonds. The number of hydrogen-bond acceptors (Lipinski definition) is 7. The third-order valence-corrected chi connectivity index (χ3v) is 11.1. The highest BCUT2D eigenvalue weighted by molar-refractivity contribution is 7.13. The summed E-state index contributed by atoms with van der Waals surface area (Å²) in [6.45, 7) is 11.2. The number of rotatable bonds is 10. The first kappa shape index (κ1) is 30.0. The number of aromatic nitrogens is 1. The maximum atomic E-state index is 14.4. The molecule has 9 nitrogen and oxygen atoms in total. The van der Waals surface area contributed by atoms with Gasteiger partial charge in [-0.25, -0.2) is 4.98 Å². The Morgan fingerprint density at radius 1 is 1.10 bits per heavy atom. The molecule has 41 heavy (non-hydrogen) atoms. The number of hydrogen-bond donors (Lipinski definition) is 3. The van der Waals surface area contributed by atoms with Crippen LogP contribution in [0.5, 0.6) is 0 Å². The molecule has 226 valence electrons. The Morgan fingerprint density at radius 3 is 2.34 bits per heavy atom. The Hall–Kier alpha value is -2.49. The van der Waals surface area contributed by atoms with Crippen molar-refractivity contribution < 1.29 is 19.2 Å². The standard InChI is InChI=1S/C31H47N5O4S/c1-30(2,3)21-16-41-29(34-21)35-23(18-12-7-6-8-13-18)28(40)36-15-19-22(31(19,4)5)24(36)27(39)33-20(25(37)26(32)38)14-17-10-9-11-17/h16-20,22-24H,6-15H2,1-5H3,(H2,32,38)(H,33,39)(H,34,35)/t19-,20?,22?,23-,24-/m0/s1. The molecule has 0 aromatic carbocycles. The van der Waals surface area contributed by atoms with Crippen LogP contribution in [0.25, 0.3) is 0 Å². The summed E-state index contributed by atoms with van der Waals surface area (Å²) in [5.41, 5.74) is 6.18. The zero-order valence-electron chi connectivity index (χ0n) is 25.2. The highest BCUT2D eigenvalue weighted by atomic mass is 32.1. The minimum atomic E-state index is -1.03. The molecule has 5 rings (SSSR count). The lowest BCUT2D eigenvalue weighted by Crippen LogP contribution is -2.58. The summed E-state index contributed by atoms with van der Waals surface area (Å²) in [6, 6.07) is -2.09. The number of thiazole rings is 1. The van der Waals surface area contributed by atoms with Crippen LogP contribution in [0.3, 0.4) is 0 Å². The maximum absolute atomic E-state index is 14.4. The van der Waals surface area contributed by atoms with Gasteiger partial charge >= 0.3 is 0 Å². The van der Waals surface area contributed by atoms with E-state index in [1.807, 2.05) is 5.38 Å². The fourth-order valence-corrected chi connectivity index (χ4v) is 8.36. The van der Waals surface area contributed by atoms with Gasteiger partial charge in [0.2, 0.25) is 17.6 Å². The van der Waals surface area contributed by atoms with Crippen LogP contribution in [0.4, 0.5) is 5.13 Å². The first-order chi connectivity index (χ1) is 19.3. The Balaban J connectivity index is 1.39. The summed E-state index contributed by atoms with van der Waals surface area (Å²) < 4.78 is 0. The zero-order chi connectivity index (χ0) is 29.7. The molecule has 5 atom stereocenters. The quantitative estimate of drug-likeness (QED) is 0.355. The van der Waals surface area contributed by atoms with E-state index in [-0.39, 0.29) is 40.4 Å². The van der Waals surface area contributed by atoms with Crippen molar-refractivity contribution in [3.8, 4) is 0 Å². The van der Waals surface area contributed by atoms with E-state index < -0.39 is 29.8 Å². The summed E-state index contributed by atoms with van der Waals surface area (Å²) >= 11 is 1.52. The molecule has 4 aliphatic rings. The van der Waals surface area contributed by atoms with Gasteiger partial charge in [-0.05, 0) is 48.3 Å². The first-order valence-corrected chi connectivity index (χ1v) is 16.3. The van der Waals surface area contributed by atoms with Crippen LogP contribution >= 0.6 is 11.3 Å². The molecular formula is C31H47N5O4S. The topological polar surface area (TPSA) is 134 Å². The van der Waals surface area contributed by atoms with E-state index in [2.05, 4.69) is 45.3 Å². The number of ketones is 1. The van der Waals surface area contributed by atoms with Gasteiger partial charge in [0.25, 0.3) is 5.91 Å². The summed E-state index contributed by atoms with van der Waals surface area (Å²) in [5.74, 6) is -1.50. The molecule has 10 heteroatoms. The summed E-state index contributed by atoms with van der Waals surface area (Å²) in [7, 11) is 0. The minimum absolute atomic E-state index is 0.0128. The normalized spacial score (nSPS) is 27.3. The van der Waals surface area contributed by atoms with Crippen molar-refractivity contribution in [2.75, 3.05) is 11.9 Å². The van der Waals surface area contributed by atoms with Crippen LogP contribution in [-0.4, -0.2) is 58.1 Å². The van der Waals surface area contributed by atoms with Gasteiger partial charge in [-0.1, -0.05) is 73.1 Å². The molecule has 0 radical (unpaired) electrons. The van der Waals surface area contributed by atoms with Crippen molar-refractivity contribution >= 4 is 40.0 Å². The van der Waals surface area contributed by atoms with Crippen LogP contribution in [0, 0.1) is 29.1 Å². The summed E-state index contributed by atoms with van der Waals surface area (Å²) in [5, 5.41) is 9.19. The molecule has 4 fully saturated rings. The van der Waals surface area contributed by atoms with Gasteiger partial charge in [-0.2, -0.15) is 0 Å². The highest BCUT2D eigenvalue weighted by Crippen LogP contribution is 2.65. The van der Waals surface area contributed by atoms with E-state index in [1.165, 1.54) is 17.8 Å². The molecule has 1 aromatic rings. The molecular weight excluding hydrogens is 538 g/mol. The lowest BCUT2D eigenvalue weighted by molar-refractivity contribution is -0.144. The molecule has 3 aliphatic carbocycles. The number of likely N-dealkylation sites (tertiary alicyclic amines) is 1. The summed E-state index contributed by atoms with van der Waals surface area (Å²) in [6.07, 6.45) is 8.72. The second kappa shape index (κ2) is 11.3. The fraction of sp³-hybridized carbons (Fsp3) is 0.774. The molecule has 2 unspecified atom stereocenters. The number of nitrogens with one attached hydrogen (secondary N) is 2. The number of amides is 3. The smallest absolute Gasteiger partial charge is 0.287 e. The lowest BCUT2D eigenvalue weighted by Gasteiger charge is -2.37. The van der Waals surface area contributed by atoms with Crippen LogP contribution in [0.2, 0.25) is 0 Å². The second-order valence-electron chi connectivity index (χ2n) is 14.5. The van der Waals surface area contributed by atoms with Crippen LogP contribution in [0.15, 0.2) is 5.38 Å². The molecule has 4 N–H and O–H groups in total. The van der Waals surface area contributed by atoms with Gasteiger partial charge in [0.15, 0.2) is 5.13 Å². The number of fused-ring (bicyclic) bond motifs is 1. The number of anilines is 1. The van der Waals surface area contributed by atoms with Gasteiger partial charge in [0.05, 0.1) is 11.7 Å². The Morgan fingerprint density at radius 2 is 1.78 bits per heavy atom. The van der Waals surface area contributed by atoms with Gasteiger partial charge in [0.1, 0.15) is 12.1 Å². The summed E-state index contributed by atoms with van der Waals surface area (Å²) in [4.78, 5) is 59.5. The zero-order valence-corrected chi connectivity index (χ0v) is 26.0. The molecule has 0 spiro atoms. The number of nitrogens with zero attached hydrogens (tertiary/aromatic N) is 2.